The number of hydrogen-bond donors (Lipinski definition) is 1. The van der Waals surface area contributed by atoms with Crippen LogP contribution in [-0.4, -0.2) is 48.8 Å². The van der Waals surface area contributed by atoms with Crippen LogP contribution in [0.2, 0.25) is 0 Å². The molecule has 1 saturated heterocycles. The Morgan fingerprint density at radius 3 is 2.73 bits per heavy atom. The second-order valence-electron chi connectivity index (χ2n) is 7.12. The second-order valence-corrected chi connectivity index (χ2v) is 7.12. The van der Waals surface area contributed by atoms with Crippen molar-refractivity contribution in [1.29, 1.82) is 0 Å². The Balaban J connectivity index is 1.36. The van der Waals surface area contributed by atoms with Crippen LogP contribution in [0.15, 0.2) is 28.8 Å². The molecule has 4 rings (SSSR count). The molecule has 2 aliphatic rings. The maximum atomic E-state index is 12.5. The van der Waals surface area contributed by atoms with Crippen molar-refractivity contribution in [3.05, 3.63) is 30.0 Å². The first-order valence-electron chi connectivity index (χ1n) is 9.55. The lowest BCUT2D eigenvalue weighted by molar-refractivity contribution is -0.157. The third-order valence-electron chi connectivity index (χ3n) is 4.84. The first-order valence-corrected chi connectivity index (χ1v) is 9.55. The zero-order chi connectivity index (χ0) is 21.3. The van der Waals surface area contributed by atoms with E-state index in [9.17, 15) is 14.4 Å². The van der Waals surface area contributed by atoms with E-state index in [0.29, 0.717) is 36.2 Å². The molecular formula is C20H21N3O7. The lowest BCUT2D eigenvalue weighted by Crippen LogP contribution is -2.33. The lowest BCUT2D eigenvalue weighted by atomic mass is 10.1. The predicted octanol–water partition coefficient (Wildman–Crippen LogP) is 1.68. The highest BCUT2D eigenvalue weighted by Crippen LogP contribution is 2.36. The van der Waals surface area contributed by atoms with Gasteiger partial charge in [-0.1, -0.05) is 5.16 Å². The van der Waals surface area contributed by atoms with E-state index in [2.05, 4.69) is 10.5 Å². The third kappa shape index (κ3) is 4.07. The Hall–Kier alpha value is -3.56. The van der Waals surface area contributed by atoms with Crippen LogP contribution in [0.1, 0.15) is 19.1 Å². The highest BCUT2D eigenvalue weighted by atomic mass is 16.6. The molecule has 30 heavy (non-hydrogen) atoms. The molecule has 158 valence electrons. The minimum absolute atomic E-state index is 0.00406. The summed E-state index contributed by atoms with van der Waals surface area (Å²) in [7, 11) is 0. The summed E-state index contributed by atoms with van der Waals surface area (Å²) in [5.74, 6) is -0.0633. The molecule has 10 heteroatoms. The van der Waals surface area contributed by atoms with Crippen molar-refractivity contribution in [2.75, 3.05) is 30.0 Å². The second kappa shape index (κ2) is 8.05. The molecule has 1 aromatic carbocycles. The van der Waals surface area contributed by atoms with Gasteiger partial charge in [0.1, 0.15) is 19.0 Å². The van der Waals surface area contributed by atoms with E-state index >= 15 is 0 Å². The highest BCUT2D eigenvalue weighted by molar-refractivity contribution is 6.00. The average molecular weight is 415 g/mol. The summed E-state index contributed by atoms with van der Waals surface area (Å²) in [5.41, 5.74) is 0.617. The van der Waals surface area contributed by atoms with Crippen LogP contribution in [0.5, 0.6) is 11.5 Å². The molecule has 0 spiro atoms. The van der Waals surface area contributed by atoms with Gasteiger partial charge in [-0.15, -0.1) is 0 Å². The van der Waals surface area contributed by atoms with Gasteiger partial charge in [0.15, 0.2) is 23.4 Å². The van der Waals surface area contributed by atoms with Gasteiger partial charge in [0.05, 0.1) is 5.92 Å². The van der Waals surface area contributed by atoms with Gasteiger partial charge in [-0.2, -0.15) is 0 Å². The van der Waals surface area contributed by atoms with Gasteiger partial charge >= 0.3 is 5.97 Å². The van der Waals surface area contributed by atoms with Crippen molar-refractivity contribution < 1.29 is 33.1 Å². The Morgan fingerprint density at radius 2 is 2.00 bits per heavy atom. The fraction of sp³-hybridized carbons (Fsp3) is 0.400. The van der Waals surface area contributed by atoms with Crippen LogP contribution < -0.4 is 19.7 Å². The number of anilines is 2. The first kappa shape index (κ1) is 19.7. The van der Waals surface area contributed by atoms with Gasteiger partial charge in [0.25, 0.3) is 5.91 Å². The number of nitrogens with one attached hydrogen (secondary N) is 1. The van der Waals surface area contributed by atoms with Gasteiger partial charge in [0, 0.05) is 30.8 Å². The highest BCUT2D eigenvalue weighted by Gasteiger charge is 2.37. The number of ether oxygens (including phenoxy) is 3. The minimum atomic E-state index is -1.05. The number of fused-ring (bicyclic) bond motifs is 1. The zero-order valence-corrected chi connectivity index (χ0v) is 16.5. The van der Waals surface area contributed by atoms with E-state index in [1.165, 1.54) is 11.8 Å². The maximum absolute atomic E-state index is 12.5. The van der Waals surface area contributed by atoms with Crippen molar-refractivity contribution in [2.24, 2.45) is 5.92 Å². The van der Waals surface area contributed by atoms with Crippen molar-refractivity contribution in [1.82, 2.24) is 5.16 Å². The summed E-state index contributed by atoms with van der Waals surface area (Å²) < 4.78 is 21.2. The molecular weight excluding hydrogens is 394 g/mol. The molecule has 2 amide bonds. The van der Waals surface area contributed by atoms with Crippen LogP contribution in [0.3, 0.4) is 0 Å². The molecule has 2 atom stereocenters. The molecule has 0 aliphatic carbocycles. The monoisotopic (exact) mass is 415 g/mol. The van der Waals surface area contributed by atoms with Crippen LogP contribution in [0.4, 0.5) is 11.5 Å². The van der Waals surface area contributed by atoms with Gasteiger partial charge < -0.3 is 29.0 Å². The number of benzene rings is 1. The van der Waals surface area contributed by atoms with Crippen molar-refractivity contribution in [2.45, 2.75) is 26.4 Å². The molecule has 0 unspecified atom stereocenters. The summed E-state index contributed by atoms with van der Waals surface area (Å²) in [6.45, 7) is 4.22. The smallest absolute Gasteiger partial charge is 0.312 e. The van der Waals surface area contributed by atoms with E-state index in [1.807, 2.05) is 0 Å². The number of amides is 2. The van der Waals surface area contributed by atoms with Gasteiger partial charge in [-0.05, 0) is 26.0 Å². The normalized spacial score (nSPS) is 18.8. The number of aromatic nitrogens is 1. The Labute approximate surface area is 172 Å². The predicted molar refractivity (Wildman–Crippen MR) is 103 cm³/mol. The molecule has 2 aromatic rings. The number of nitrogens with zero attached hydrogens (tertiary/aromatic N) is 2. The van der Waals surface area contributed by atoms with Crippen molar-refractivity contribution >= 4 is 29.3 Å². The van der Waals surface area contributed by atoms with Gasteiger partial charge in [0.2, 0.25) is 5.91 Å². The number of aryl methyl sites for hydroxylation is 1. The Morgan fingerprint density at radius 1 is 1.23 bits per heavy atom. The maximum Gasteiger partial charge on any atom is 0.312 e. The zero-order valence-electron chi connectivity index (χ0n) is 16.5. The Kier molecular flexibility index (Phi) is 5.30. The number of carbonyl (C=O) groups excluding carboxylic acids is 3. The fourth-order valence-electron chi connectivity index (χ4n) is 3.29. The average Bonchev–Trinajstić information content (AvgIpc) is 3.32. The van der Waals surface area contributed by atoms with E-state index < -0.39 is 23.9 Å². The summed E-state index contributed by atoms with van der Waals surface area (Å²) >= 11 is 0. The van der Waals surface area contributed by atoms with Crippen molar-refractivity contribution in [3.8, 4) is 11.5 Å². The summed E-state index contributed by atoms with van der Waals surface area (Å²) in [6.07, 6.45) is -1.04. The van der Waals surface area contributed by atoms with E-state index in [4.69, 9.17) is 18.7 Å². The van der Waals surface area contributed by atoms with Crippen LogP contribution in [0, 0.1) is 12.8 Å². The fourth-order valence-corrected chi connectivity index (χ4v) is 3.29. The number of rotatable bonds is 5. The third-order valence-corrected chi connectivity index (χ3v) is 4.84. The lowest BCUT2D eigenvalue weighted by Gasteiger charge is -2.22. The molecule has 10 nitrogen and oxygen atoms in total. The van der Waals surface area contributed by atoms with Crippen LogP contribution in [-0.2, 0) is 19.1 Å². The quantitative estimate of drug-likeness (QED) is 0.733. The van der Waals surface area contributed by atoms with Gasteiger partial charge in [-0.25, -0.2) is 0 Å². The number of carbonyl (C=O) groups is 3. The van der Waals surface area contributed by atoms with E-state index in [-0.39, 0.29) is 24.7 Å². The largest absolute Gasteiger partial charge is 0.486 e. The molecule has 1 aromatic heterocycles. The van der Waals surface area contributed by atoms with Crippen LogP contribution in [0.25, 0.3) is 0 Å². The summed E-state index contributed by atoms with van der Waals surface area (Å²) in [4.78, 5) is 38.7. The molecule has 2 aliphatic heterocycles. The first-order chi connectivity index (χ1) is 14.4. The topological polar surface area (TPSA) is 120 Å². The molecule has 1 N–H and O–H groups in total. The van der Waals surface area contributed by atoms with E-state index in [0.717, 1.165) is 0 Å². The SMILES string of the molecule is Cc1cc(NC(=O)[C@@H](C)OC(=O)[C@@H]2CC(=O)N(c3ccc4c(c3)OCCO4)C2)no1. The van der Waals surface area contributed by atoms with Gasteiger partial charge in [-0.3, -0.25) is 14.4 Å². The summed E-state index contributed by atoms with van der Waals surface area (Å²) in [5, 5.41) is 6.17. The molecule has 0 radical (unpaired) electrons. The standard InChI is InChI=1S/C20H21N3O7/c1-11-7-17(22-30-11)21-19(25)12(2)29-20(26)13-8-18(24)23(10-13)14-3-4-15-16(9-14)28-6-5-27-15/h3-4,7,9,12-13H,5-6,8,10H2,1-2H3,(H,21,22,25)/t12-,13-/m1/s1. The summed E-state index contributed by atoms with van der Waals surface area (Å²) in [6, 6.07) is 6.75. The molecule has 3 heterocycles. The Bertz CT molecular complexity index is 987. The van der Waals surface area contributed by atoms with Crippen molar-refractivity contribution in [3.63, 3.8) is 0 Å². The minimum Gasteiger partial charge on any atom is -0.486 e. The van der Waals surface area contributed by atoms with Crippen LogP contribution >= 0.6 is 0 Å². The molecule has 0 saturated carbocycles. The van der Waals surface area contributed by atoms with E-state index in [1.54, 1.807) is 31.2 Å². The number of esters is 1. The molecule has 1 fully saturated rings. The molecule has 0 bridgehead atoms. The number of hydrogen-bond acceptors (Lipinski definition) is 8.